The van der Waals surface area contributed by atoms with E-state index < -0.39 is 0 Å². The van der Waals surface area contributed by atoms with Gasteiger partial charge in [0.2, 0.25) is 0 Å². The van der Waals surface area contributed by atoms with E-state index in [2.05, 4.69) is 20.8 Å². The number of rotatable bonds is 3. The number of hydrogen-bond acceptors (Lipinski definition) is 4. The Morgan fingerprint density at radius 2 is 2.18 bits per heavy atom. The number of ether oxygens (including phenoxy) is 1. The minimum Gasteiger partial charge on any atom is -0.375 e. The molecule has 1 aliphatic heterocycles. The molecule has 1 atom stereocenters. The maximum absolute atomic E-state index is 13.0. The molecule has 0 amide bonds. The van der Waals surface area contributed by atoms with Crippen LogP contribution in [0.4, 0.5) is 0 Å². The average molecular weight is 318 g/mol. The summed E-state index contributed by atoms with van der Waals surface area (Å²) in [5.41, 5.74) is 0.664. The summed E-state index contributed by atoms with van der Waals surface area (Å²) >= 11 is 1.64. The Morgan fingerprint density at radius 1 is 1.41 bits per heavy atom. The molecule has 22 heavy (non-hydrogen) atoms. The molecule has 5 heteroatoms. The van der Waals surface area contributed by atoms with Crippen LogP contribution < -0.4 is 5.56 Å². The van der Waals surface area contributed by atoms with Crippen molar-refractivity contribution in [3.63, 3.8) is 0 Å². The second-order valence-electron chi connectivity index (χ2n) is 6.27. The first-order valence-electron chi connectivity index (χ1n) is 7.80. The summed E-state index contributed by atoms with van der Waals surface area (Å²) in [4.78, 5) is 17.7. The second kappa shape index (κ2) is 6.05. The van der Waals surface area contributed by atoms with Gasteiger partial charge in [0.05, 0.1) is 16.5 Å². The molecule has 3 rings (SSSR count). The Labute approximate surface area is 134 Å². The SMILES string of the molecule is CCSc1nc2ccccc2c(=O)n1[C@@H]1CCOC(C)(C)C1. The number of nitrogens with zero attached hydrogens (tertiary/aromatic N) is 2. The summed E-state index contributed by atoms with van der Waals surface area (Å²) in [6, 6.07) is 7.76. The predicted molar refractivity (Wildman–Crippen MR) is 90.7 cm³/mol. The van der Waals surface area contributed by atoms with Gasteiger partial charge in [-0.15, -0.1) is 0 Å². The lowest BCUT2D eigenvalue weighted by atomic mass is 9.93. The van der Waals surface area contributed by atoms with Gasteiger partial charge >= 0.3 is 0 Å². The molecule has 0 radical (unpaired) electrons. The molecule has 118 valence electrons. The molecule has 0 aliphatic carbocycles. The molecule has 2 heterocycles. The van der Waals surface area contributed by atoms with Crippen LogP contribution in [0.2, 0.25) is 0 Å². The van der Waals surface area contributed by atoms with Crippen LogP contribution in [0, 0.1) is 0 Å². The first kappa shape index (κ1) is 15.6. The highest BCUT2D eigenvalue weighted by Crippen LogP contribution is 2.33. The molecule has 0 bridgehead atoms. The molecular formula is C17H22N2O2S. The molecule has 1 aliphatic rings. The van der Waals surface area contributed by atoms with E-state index in [0.29, 0.717) is 12.0 Å². The van der Waals surface area contributed by atoms with Gasteiger partial charge in [0.25, 0.3) is 5.56 Å². The van der Waals surface area contributed by atoms with Crippen LogP contribution in [0.15, 0.2) is 34.2 Å². The first-order valence-corrected chi connectivity index (χ1v) is 8.78. The van der Waals surface area contributed by atoms with Gasteiger partial charge in [-0.25, -0.2) is 4.98 Å². The Hall–Kier alpha value is -1.33. The normalized spacial score (nSPS) is 21.1. The van der Waals surface area contributed by atoms with Crippen molar-refractivity contribution < 1.29 is 4.74 Å². The van der Waals surface area contributed by atoms with E-state index >= 15 is 0 Å². The maximum Gasteiger partial charge on any atom is 0.262 e. The van der Waals surface area contributed by atoms with E-state index in [0.717, 1.165) is 29.3 Å². The Morgan fingerprint density at radius 3 is 2.91 bits per heavy atom. The fourth-order valence-electron chi connectivity index (χ4n) is 3.10. The number of benzene rings is 1. The van der Waals surface area contributed by atoms with Gasteiger partial charge in [-0.2, -0.15) is 0 Å². The van der Waals surface area contributed by atoms with Crippen molar-refractivity contribution in [2.75, 3.05) is 12.4 Å². The third-order valence-electron chi connectivity index (χ3n) is 4.09. The fraction of sp³-hybridized carbons (Fsp3) is 0.529. The van der Waals surface area contributed by atoms with Crippen LogP contribution in [0.1, 0.15) is 39.7 Å². The van der Waals surface area contributed by atoms with Crippen molar-refractivity contribution in [2.45, 2.75) is 50.4 Å². The summed E-state index contributed by atoms with van der Waals surface area (Å²) < 4.78 is 7.71. The number of aromatic nitrogens is 2. The molecule has 0 spiro atoms. The topological polar surface area (TPSA) is 44.1 Å². The lowest BCUT2D eigenvalue weighted by Gasteiger charge is -2.36. The lowest BCUT2D eigenvalue weighted by Crippen LogP contribution is -2.39. The Balaban J connectivity index is 2.16. The van der Waals surface area contributed by atoms with Crippen LogP contribution in [0.5, 0.6) is 0 Å². The van der Waals surface area contributed by atoms with E-state index in [-0.39, 0.29) is 17.2 Å². The summed E-state index contributed by atoms with van der Waals surface area (Å²) in [5, 5.41) is 1.53. The van der Waals surface area contributed by atoms with Crippen LogP contribution in [0.3, 0.4) is 0 Å². The molecule has 2 aromatic rings. The van der Waals surface area contributed by atoms with Crippen molar-refractivity contribution in [1.29, 1.82) is 0 Å². The highest BCUT2D eigenvalue weighted by atomic mass is 32.2. The van der Waals surface area contributed by atoms with Crippen molar-refractivity contribution in [3.05, 3.63) is 34.6 Å². The zero-order valence-corrected chi connectivity index (χ0v) is 14.2. The molecule has 0 saturated carbocycles. The highest BCUT2D eigenvalue weighted by molar-refractivity contribution is 7.99. The summed E-state index contributed by atoms with van der Waals surface area (Å²) in [6.45, 7) is 6.95. The largest absolute Gasteiger partial charge is 0.375 e. The minimum atomic E-state index is -0.192. The summed E-state index contributed by atoms with van der Waals surface area (Å²) in [7, 11) is 0. The maximum atomic E-state index is 13.0. The predicted octanol–water partition coefficient (Wildman–Crippen LogP) is 3.64. The molecule has 1 fully saturated rings. The van der Waals surface area contributed by atoms with Gasteiger partial charge in [-0.1, -0.05) is 30.8 Å². The molecule has 4 nitrogen and oxygen atoms in total. The van der Waals surface area contributed by atoms with Crippen LogP contribution in [-0.2, 0) is 4.74 Å². The average Bonchev–Trinajstić information content (AvgIpc) is 2.47. The third-order valence-corrected chi connectivity index (χ3v) is 4.92. The second-order valence-corrected chi connectivity index (χ2v) is 7.51. The smallest absolute Gasteiger partial charge is 0.262 e. The highest BCUT2D eigenvalue weighted by Gasteiger charge is 2.32. The number of para-hydroxylation sites is 1. The monoisotopic (exact) mass is 318 g/mol. The molecule has 1 saturated heterocycles. The minimum absolute atomic E-state index is 0.0734. The van der Waals surface area contributed by atoms with E-state index in [1.165, 1.54) is 0 Å². The van der Waals surface area contributed by atoms with Gasteiger partial charge < -0.3 is 4.74 Å². The van der Waals surface area contributed by atoms with Gasteiger partial charge in [0.1, 0.15) is 0 Å². The van der Waals surface area contributed by atoms with Crippen LogP contribution in [-0.4, -0.2) is 27.5 Å². The number of thioether (sulfide) groups is 1. The number of fused-ring (bicyclic) bond motifs is 1. The molecule has 1 aromatic carbocycles. The van der Waals surface area contributed by atoms with Crippen LogP contribution >= 0.6 is 11.8 Å². The summed E-state index contributed by atoms with van der Waals surface area (Å²) in [6.07, 6.45) is 1.70. The van der Waals surface area contributed by atoms with Crippen molar-refractivity contribution in [1.82, 2.24) is 9.55 Å². The van der Waals surface area contributed by atoms with E-state index in [1.807, 2.05) is 28.8 Å². The fourth-order valence-corrected chi connectivity index (χ4v) is 3.89. The van der Waals surface area contributed by atoms with Gasteiger partial charge in [0, 0.05) is 12.6 Å². The first-order chi connectivity index (χ1) is 10.5. The zero-order chi connectivity index (χ0) is 15.7. The molecule has 0 unspecified atom stereocenters. The van der Waals surface area contributed by atoms with E-state index in [1.54, 1.807) is 11.8 Å². The number of hydrogen-bond donors (Lipinski definition) is 0. The third kappa shape index (κ3) is 2.92. The quantitative estimate of drug-likeness (QED) is 0.640. The zero-order valence-electron chi connectivity index (χ0n) is 13.3. The van der Waals surface area contributed by atoms with Gasteiger partial charge in [0.15, 0.2) is 5.16 Å². The Kier molecular flexibility index (Phi) is 4.28. The van der Waals surface area contributed by atoms with E-state index in [4.69, 9.17) is 9.72 Å². The summed E-state index contributed by atoms with van der Waals surface area (Å²) in [5.74, 6) is 0.900. The van der Waals surface area contributed by atoms with E-state index in [9.17, 15) is 4.79 Å². The Bertz CT molecular complexity index is 739. The van der Waals surface area contributed by atoms with Gasteiger partial charge in [-0.3, -0.25) is 9.36 Å². The van der Waals surface area contributed by atoms with Crippen LogP contribution in [0.25, 0.3) is 10.9 Å². The van der Waals surface area contributed by atoms with Crippen molar-refractivity contribution in [2.24, 2.45) is 0 Å². The van der Waals surface area contributed by atoms with Crippen molar-refractivity contribution in [3.8, 4) is 0 Å². The standard InChI is InChI=1S/C17H22N2O2S/c1-4-22-16-18-14-8-6-5-7-13(14)15(20)19(16)12-9-10-21-17(2,3)11-12/h5-8,12H,4,9-11H2,1-3H3/t12-/m1/s1. The lowest BCUT2D eigenvalue weighted by molar-refractivity contribution is -0.0708. The molecule has 1 aromatic heterocycles. The van der Waals surface area contributed by atoms with Crippen molar-refractivity contribution >= 4 is 22.7 Å². The molecule has 0 N–H and O–H groups in total. The molecular weight excluding hydrogens is 296 g/mol. The van der Waals surface area contributed by atoms with Gasteiger partial charge in [-0.05, 0) is 44.6 Å².